The number of fused-ring (bicyclic) bond motifs is 1. The molecule has 0 unspecified atom stereocenters. The van der Waals surface area contributed by atoms with Crippen LogP contribution in [0.5, 0.6) is 5.75 Å². The largest absolute Gasteiger partial charge is 0.497 e. The molecule has 0 aliphatic carbocycles. The van der Waals surface area contributed by atoms with Crippen LogP contribution in [-0.4, -0.2) is 33.2 Å². The van der Waals surface area contributed by atoms with E-state index in [1.165, 1.54) is 0 Å². The third kappa shape index (κ3) is 3.44. The molecule has 29 heavy (non-hydrogen) atoms. The number of ether oxygens (including phenoxy) is 1. The Morgan fingerprint density at radius 2 is 1.90 bits per heavy atom. The summed E-state index contributed by atoms with van der Waals surface area (Å²) in [6, 6.07) is 13.0. The fourth-order valence-corrected chi connectivity index (χ4v) is 3.54. The van der Waals surface area contributed by atoms with Crippen molar-refractivity contribution in [1.82, 2.24) is 20.2 Å². The van der Waals surface area contributed by atoms with E-state index >= 15 is 0 Å². The molecule has 1 aromatic heterocycles. The number of benzene rings is 2. The molecule has 1 atom stereocenters. The van der Waals surface area contributed by atoms with E-state index in [0.29, 0.717) is 17.2 Å². The maximum Gasteiger partial charge on any atom is 0.255 e. The first-order chi connectivity index (χ1) is 14.0. The number of carbonyl (C=O) groups is 1. The van der Waals surface area contributed by atoms with E-state index in [4.69, 9.17) is 4.74 Å². The summed E-state index contributed by atoms with van der Waals surface area (Å²) in [7, 11) is 1.62. The SMILES string of the molecule is COc1ccc([C@H]2C(C(=O)Nc3ccc(C)cc3C)=C(C)Nc3nnnn32)cc1. The Hall–Kier alpha value is -3.68. The molecule has 0 saturated carbocycles. The molecular weight excluding hydrogens is 368 g/mol. The number of nitrogens with zero attached hydrogens (tertiary/aromatic N) is 4. The van der Waals surface area contributed by atoms with Gasteiger partial charge in [0.15, 0.2) is 0 Å². The minimum absolute atomic E-state index is 0.205. The normalized spacial score (nSPS) is 15.5. The number of anilines is 2. The van der Waals surface area contributed by atoms with Crippen molar-refractivity contribution in [1.29, 1.82) is 0 Å². The number of tetrazole rings is 1. The smallest absolute Gasteiger partial charge is 0.255 e. The lowest BCUT2D eigenvalue weighted by molar-refractivity contribution is -0.113. The highest BCUT2D eigenvalue weighted by molar-refractivity contribution is 6.06. The number of rotatable bonds is 4. The van der Waals surface area contributed by atoms with E-state index in [1.54, 1.807) is 11.8 Å². The first-order valence-electron chi connectivity index (χ1n) is 9.26. The number of aryl methyl sites for hydroxylation is 2. The number of methoxy groups -OCH3 is 1. The molecule has 0 saturated heterocycles. The van der Waals surface area contributed by atoms with Crippen LogP contribution in [0.4, 0.5) is 11.6 Å². The first kappa shape index (κ1) is 18.7. The van der Waals surface area contributed by atoms with Crippen LogP contribution in [0.2, 0.25) is 0 Å². The highest BCUT2D eigenvalue weighted by Gasteiger charge is 2.34. The molecule has 3 aromatic rings. The number of nitrogens with one attached hydrogen (secondary N) is 2. The zero-order valence-corrected chi connectivity index (χ0v) is 16.7. The van der Waals surface area contributed by atoms with Gasteiger partial charge < -0.3 is 15.4 Å². The second-order valence-electron chi connectivity index (χ2n) is 7.06. The van der Waals surface area contributed by atoms with Crippen LogP contribution in [-0.2, 0) is 4.79 Å². The standard InChI is InChI=1S/C21H22N6O2/c1-12-5-10-17(13(2)11-12)23-20(28)18-14(3)22-21-24-25-26-27(21)19(18)15-6-8-16(29-4)9-7-15/h5-11,19H,1-4H3,(H,23,28)(H,22,24,26)/t19-/m0/s1. The zero-order valence-electron chi connectivity index (χ0n) is 16.7. The van der Waals surface area contributed by atoms with E-state index in [0.717, 1.165) is 28.1 Å². The summed E-state index contributed by atoms with van der Waals surface area (Å²) >= 11 is 0. The number of hydrogen-bond acceptors (Lipinski definition) is 6. The molecule has 2 N–H and O–H groups in total. The summed E-state index contributed by atoms with van der Waals surface area (Å²) < 4.78 is 6.87. The van der Waals surface area contributed by atoms with Crippen molar-refractivity contribution >= 4 is 17.5 Å². The molecule has 2 aromatic carbocycles. The second-order valence-corrected chi connectivity index (χ2v) is 7.06. The molecular formula is C21H22N6O2. The van der Waals surface area contributed by atoms with Crippen LogP contribution in [0, 0.1) is 13.8 Å². The minimum Gasteiger partial charge on any atom is -0.497 e. The van der Waals surface area contributed by atoms with Crippen LogP contribution < -0.4 is 15.4 Å². The van der Waals surface area contributed by atoms with E-state index in [1.807, 2.05) is 63.2 Å². The summed E-state index contributed by atoms with van der Waals surface area (Å²) in [5, 5.41) is 18.1. The summed E-state index contributed by atoms with van der Waals surface area (Å²) in [6.45, 7) is 5.85. The third-order valence-electron chi connectivity index (χ3n) is 5.02. The number of carbonyl (C=O) groups excluding carboxylic acids is 1. The van der Waals surface area contributed by atoms with Crippen molar-refractivity contribution in [2.75, 3.05) is 17.7 Å². The van der Waals surface area contributed by atoms with Crippen LogP contribution >= 0.6 is 0 Å². The lowest BCUT2D eigenvalue weighted by atomic mass is 9.94. The molecule has 1 aliphatic heterocycles. The zero-order chi connectivity index (χ0) is 20.5. The monoisotopic (exact) mass is 390 g/mol. The van der Waals surface area contributed by atoms with Gasteiger partial charge in [-0.3, -0.25) is 4.79 Å². The van der Waals surface area contributed by atoms with Gasteiger partial charge in [0.25, 0.3) is 5.91 Å². The highest BCUT2D eigenvalue weighted by Crippen LogP contribution is 2.35. The Balaban J connectivity index is 1.75. The third-order valence-corrected chi connectivity index (χ3v) is 5.02. The molecule has 0 bridgehead atoms. The first-order valence-corrected chi connectivity index (χ1v) is 9.26. The van der Waals surface area contributed by atoms with Crippen molar-refractivity contribution in [2.24, 2.45) is 0 Å². The Bertz CT molecular complexity index is 1100. The van der Waals surface area contributed by atoms with Gasteiger partial charge in [0.1, 0.15) is 11.8 Å². The van der Waals surface area contributed by atoms with E-state index in [9.17, 15) is 4.79 Å². The van der Waals surface area contributed by atoms with Gasteiger partial charge in [-0.1, -0.05) is 34.9 Å². The lowest BCUT2D eigenvalue weighted by Gasteiger charge is -2.28. The molecule has 1 amide bonds. The molecule has 4 rings (SSSR count). The van der Waals surface area contributed by atoms with Gasteiger partial charge in [-0.25, -0.2) is 0 Å². The average Bonchev–Trinajstić information content (AvgIpc) is 3.17. The average molecular weight is 390 g/mol. The quantitative estimate of drug-likeness (QED) is 0.710. The van der Waals surface area contributed by atoms with E-state index < -0.39 is 6.04 Å². The summed E-state index contributed by atoms with van der Waals surface area (Å²) in [4.78, 5) is 13.3. The van der Waals surface area contributed by atoms with Gasteiger partial charge in [0.2, 0.25) is 5.95 Å². The van der Waals surface area contributed by atoms with Gasteiger partial charge in [-0.2, -0.15) is 4.68 Å². The number of hydrogen-bond donors (Lipinski definition) is 2. The maximum atomic E-state index is 13.3. The number of allylic oxidation sites excluding steroid dienone is 1. The van der Waals surface area contributed by atoms with Crippen molar-refractivity contribution in [2.45, 2.75) is 26.8 Å². The summed E-state index contributed by atoms with van der Waals surface area (Å²) in [5.41, 5.74) is 5.06. The highest BCUT2D eigenvalue weighted by atomic mass is 16.5. The van der Waals surface area contributed by atoms with E-state index in [2.05, 4.69) is 26.2 Å². The van der Waals surface area contributed by atoms with Crippen molar-refractivity contribution in [3.8, 4) is 5.75 Å². The molecule has 0 spiro atoms. The van der Waals surface area contributed by atoms with Gasteiger partial charge in [-0.15, -0.1) is 0 Å². The van der Waals surface area contributed by atoms with Crippen molar-refractivity contribution in [3.63, 3.8) is 0 Å². The Kier molecular flexibility index (Phi) is 4.75. The molecule has 8 nitrogen and oxygen atoms in total. The van der Waals surface area contributed by atoms with Gasteiger partial charge in [0.05, 0.1) is 12.7 Å². The summed E-state index contributed by atoms with van der Waals surface area (Å²) in [5.74, 6) is 1.02. The fourth-order valence-electron chi connectivity index (χ4n) is 3.54. The van der Waals surface area contributed by atoms with Crippen molar-refractivity contribution in [3.05, 3.63) is 70.4 Å². The predicted molar refractivity (Wildman–Crippen MR) is 110 cm³/mol. The van der Waals surface area contributed by atoms with Gasteiger partial charge >= 0.3 is 0 Å². The lowest BCUT2D eigenvalue weighted by Crippen LogP contribution is -2.31. The molecule has 2 heterocycles. The number of aromatic nitrogens is 4. The number of amides is 1. The molecule has 0 radical (unpaired) electrons. The summed E-state index contributed by atoms with van der Waals surface area (Å²) in [6.07, 6.45) is 0. The fraction of sp³-hybridized carbons (Fsp3) is 0.238. The molecule has 148 valence electrons. The maximum absolute atomic E-state index is 13.3. The predicted octanol–water partition coefficient (Wildman–Crippen LogP) is 3.23. The van der Waals surface area contributed by atoms with Crippen LogP contribution in [0.15, 0.2) is 53.7 Å². The van der Waals surface area contributed by atoms with Gasteiger partial charge in [-0.05, 0) is 60.5 Å². The second kappa shape index (κ2) is 7.38. The van der Waals surface area contributed by atoms with Crippen LogP contribution in [0.25, 0.3) is 0 Å². The van der Waals surface area contributed by atoms with Crippen LogP contribution in [0.3, 0.4) is 0 Å². The van der Waals surface area contributed by atoms with Crippen molar-refractivity contribution < 1.29 is 9.53 Å². The van der Waals surface area contributed by atoms with E-state index in [-0.39, 0.29) is 5.91 Å². The molecule has 0 fully saturated rings. The Morgan fingerprint density at radius 3 is 2.59 bits per heavy atom. The topological polar surface area (TPSA) is 94.0 Å². The van der Waals surface area contributed by atoms with Gasteiger partial charge in [0, 0.05) is 11.4 Å². The Morgan fingerprint density at radius 1 is 1.14 bits per heavy atom. The molecule has 1 aliphatic rings. The Labute approximate surface area is 168 Å². The van der Waals surface area contributed by atoms with Crippen LogP contribution in [0.1, 0.15) is 29.7 Å². The molecule has 8 heteroatoms. The minimum atomic E-state index is -0.460.